The molecule has 8 heteroatoms. The van der Waals surface area contributed by atoms with Crippen LogP contribution in [0.1, 0.15) is 5.56 Å². The van der Waals surface area contributed by atoms with Gasteiger partial charge >= 0.3 is 0 Å². The Hall–Kier alpha value is -12.6. The van der Waals surface area contributed by atoms with Crippen molar-refractivity contribution in [3.63, 3.8) is 0 Å². The maximum Gasteiger partial charge on any atom is 0.187 e. The highest BCUT2D eigenvalue weighted by atomic mass is 15.0. The van der Waals surface area contributed by atoms with Crippen LogP contribution in [0.15, 0.2) is 304 Å². The minimum absolute atomic E-state index is 0.446. The van der Waals surface area contributed by atoms with Gasteiger partial charge in [-0.2, -0.15) is 5.26 Å². The first-order valence-electron chi connectivity index (χ1n) is 29.8. The van der Waals surface area contributed by atoms with Crippen molar-refractivity contribution in [2.24, 2.45) is 0 Å². The van der Waals surface area contributed by atoms with E-state index in [1.54, 1.807) is 0 Å². The molecule has 0 radical (unpaired) electrons. The summed E-state index contributed by atoms with van der Waals surface area (Å²) in [5, 5.41) is 16.2. The van der Waals surface area contributed by atoms with E-state index >= 15 is 0 Å². The lowest BCUT2D eigenvalue weighted by Crippen LogP contribution is -2.04. The summed E-state index contributed by atoms with van der Waals surface area (Å²) in [4.78, 5) is 23.9. The SMILES string of the molecule is [C-]#[N+]c1cccc(-c2cc(-n3c4cc(-c5cccnc5-c5ccccc5)ccc4c4ccc(-c5cccnc5-c5ccccc5)cc43)c(C#N)cc2-n2c3cc(-c4cccnc4-c4ccccc4)ccc3c3ccc(-c4cccnc4-c4ccccc4)cc32)c1. The molecule has 0 saturated carbocycles. The van der Waals surface area contributed by atoms with Crippen LogP contribution in [0.3, 0.4) is 0 Å². The van der Waals surface area contributed by atoms with Crippen LogP contribution in [-0.2, 0) is 0 Å². The van der Waals surface area contributed by atoms with Crippen molar-refractivity contribution in [1.29, 1.82) is 5.26 Å². The minimum Gasteiger partial charge on any atom is -0.309 e. The second-order valence-corrected chi connectivity index (χ2v) is 22.3. The molecule has 0 unspecified atom stereocenters. The zero-order chi connectivity index (χ0) is 60.1. The van der Waals surface area contributed by atoms with E-state index in [0.717, 1.165) is 150 Å². The molecule has 0 aliphatic heterocycles. The van der Waals surface area contributed by atoms with Crippen LogP contribution >= 0.6 is 0 Å². The number of nitrogens with zero attached hydrogens (tertiary/aromatic N) is 8. The van der Waals surface area contributed by atoms with E-state index in [4.69, 9.17) is 26.5 Å². The number of benzene rings is 10. The van der Waals surface area contributed by atoms with E-state index in [2.05, 4.69) is 184 Å². The first kappa shape index (κ1) is 52.9. The lowest BCUT2D eigenvalue weighted by atomic mass is 9.97. The fraction of sp³-hybridized carbons (Fsp3) is 0. The molecule has 0 spiro atoms. The molecule has 8 nitrogen and oxygen atoms in total. The average molecular weight is 1150 g/mol. The first-order chi connectivity index (χ1) is 44.6. The summed E-state index contributed by atoms with van der Waals surface area (Å²) in [6.45, 7) is 8.36. The third-order valence-electron chi connectivity index (χ3n) is 17.2. The highest BCUT2D eigenvalue weighted by Crippen LogP contribution is 2.46. The van der Waals surface area contributed by atoms with Gasteiger partial charge < -0.3 is 9.13 Å². The summed E-state index contributed by atoms with van der Waals surface area (Å²) in [5.74, 6) is 0. The van der Waals surface area contributed by atoms with Gasteiger partial charge in [-0.1, -0.05) is 212 Å². The summed E-state index contributed by atoms with van der Waals surface area (Å²) in [5.41, 5.74) is 23.1. The molecule has 418 valence electrons. The lowest BCUT2D eigenvalue weighted by Gasteiger charge is -2.20. The van der Waals surface area contributed by atoms with Crippen LogP contribution in [0.2, 0.25) is 0 Å². The van der Waals surface area contributed by atoms with E-state index in [9.17, 15) is 5.26 Å². The van der Waals surface area contributed by atoms with Gasteiger partial charge in [0.2, 0.25) is 0 Å². The van der Waals surface area contributed by atoms with E-state index in [0.29, 0.717) is 16.9 Å². The standard InChI is InChI=1S/C82H50N8/c1-84-63-28-14-27-57(45-63)72-51-73(89-74-46-58(64-29-15-41-85-79(64)53-19-6-2-7-20-53)33-37-68(74)69-38-34-59(47-75(69)89)65-30-16-42-86-80(65)54-21-8-3-9-22-54)62(52-83)50-78(72)90-76-48-60(66-31-17-43-87-81(66)55-23-10-4-11-24-55)35-39-70(76)71-40-36-61(49-77(71)90)67-32-18-44-88-82(67)56-25-12-5-13-26-56/h2-51H. The maximum absolute atomic E-state index is 12.1. The van der Waals surface area contributed by atoms with E-state index in [1.807, 2.05) is 140 Å². The number of nitriles is 1. The molecule has 0 N–H and O–H groups in total. The average Bonchev–Trinajstić information content (AvgIpc) is 1.57. The number of pyridine rings is 4. The second kappa shape index (κ2) is 22.3. The summed E-state index contributed by atoms with van der Waals surface area (Å²) < 4.78 is 4.59. The number of aromatic nitrogens is 6. The largest absolute Gasteiger partial charge is 0.309 e. The van der Waals surface area contributed by atoms with Crippen LogP contribution in [-0.4, -0.2) is 29.1 Å². The van der Waals surface area contributed by atoms with Crippen molar-refractivity contribution in [3.05, 3.63) is 321 Å². The smallest absolute Gasteiger partial charge is 0.187 e. The highest BCUT2D eigenvalue weighted by molar-refractivity contribution is 6.14. The van der Waals surface area contributed by atoms with Crippen LogP contribution < -0.4 is 0 Å². The fourth-order valence-corrected chi connectivity index (χ4v) is 13.1. The molecule has 0 fully saturated rings. The molecular weight excluding hydrogens is 1100 g/mol. The Morgan fingerprint density at radius 2 is 0.611 bits per heavy atom. The van der Waals surface area contributed by atoms with Crippen molar-refractivity contribution in [3.8, 4) is 118 Å². The van der Waals surface area contributed by atoms with Crippen molar-refractivity contribution >= 4 is 49.3 Å². The molecule has 6 aromatic heterocycles. The zero-order valence-electron chi connectivity index (χ0n) is 48.4. The predicted octanol–water partition coefficient (Wildman–Crippen LogP) is 20.9. The van der Waals surface area contributed by atoms with Crippen LogP contribution in [0.4, 0.5) is 5.69 Å². The third kappa shape index (κ3) is 9.16. The van der Waals surface area contributed by atoms with Crippen molar-refractivity contribution in [2.75, 3.05) is 0 Å². The molecule has 0 saturated heterocycles. The molecule has 0 aliphatic carbocycles. The Bertz CT molecular complexity index is 5280. The van der Waals surface area contributed by atoms with Crippen LogP contribution in [0.25, 0.3) is 160 Å². The number of fused-ring (bicyclic) bond motifs is 6. The van der Waals surface area contributed by atoms with Gasteiger partial charge in [-0.15, -0.1) is 0 Å². The molecule has 90 heavy (non-hydrogen) atoms. The van der Waals surface area contributed by atoms with Crippen LogP contribution in [0, 0.1) is 17.9 Å². The van der Waals surface area contributed by atoms with Gasteiger partial charge in [0.25, 0.3) is 0 Å². The summed E-state index contributed by atoms with van der Waals surface area (Å²) in [6.07, 6.45) is 7.38. The topological polar surface area (TPSA) is 89.6 Å². The summed E-state index contributed by atoms with van der Waals surface area (Å²) >= 11 is 0. The predicted molar refractivity (Wildman–Crippen MR) is 366 cm³/mol. The zero-order valence-corrected chi connectivity index (χ0v) is 48.4. The fourth-order valence-electron chi connectivity index (χ4n) is 13.1. The second-order valence-electron chi connectivity index (χ2n) is 22.3. The van der Waals surface area contributed by atoms with Crippen molar-refractivity contribution in [1.82, 2.24) is 29.1 Å². The van der Waals surface area contributed by atoms with Gasteiger partial charge in [0, 0.05) is 96.4 Å². The molecule has 0 aliphatic rings. The van der Waals surface area contributed by atoms with Gasteiger partial charge in [-0.05, 0) is 94.5 Å². The normalized spacial score (nSPS) is 11.3. The van der Waals surface area contributed by atoms with Gasteiger partial charge in [0.1, 0.15) is 6.07 Å². The number of hydrogen-bond donors (Lipinski definition) is 0. The Balaban J connectivity index is 1.01. The van der Waals surface area contributed by atoms with Gasteiger partial charge in [-0.25, -0.2) is 4.85 Å². The molecule has 0 bridgehead atoms. The monoisotopic (exact) mass is 1150 g/mol. The summed E-state index contributed by atoms with van der Waals surface area (Å²) in [7, 11) is 0. The Labute approximate surface area is 519 Å². The van der Waals surface area contributed by atoms with Crippen molar-refractivity contribution in [2.45, 2.75) is 0 Å². The molecule has 16 aromatic rings. The Morgan fingerprint density at radius 1 is 0.289 bits per heavy atom. The quantitative estimate of drug-likeness (QED) is 0.120. The van der Waals surface area contributed by atoms with E-state index in [-0.39, 0.29) is 0 Å². The van der Waals surface area contributed by atoms with Gasteiger partial charge in [0.05, 0.1) is 68.4 Å². The Kier molecular flexibility index (Phi) is 13.1. The van der Waals surface area contributed by atoms with Crippen molar-refractivity contribution < 1.29 is 0 Å². The van der Waals surface area contributed by atoms with Gasteiger partial charge in [0.15, 0.2) is 5.69 Å². The molecule has 6 heterocycles. The molecule has 16 rings (SSSR count). The minimum atomic E-state index is 0.446. The van der Waals surface area contributed by atoms with Crippen LogP contribution in [0.5, 0.6) is 0 Å². The molecule has 0 atom stereocenters. The molecule has 0 amide bonds. The molecular formula is C82H50N8. The van der Waals surface area contributed by atoms with E-state index < -0.39 is 0 Å². The number of rotatable bonds is 11. The highest BCUT2D eigenvalue weighted by Gasteiger charge is 2.25. The number of hydrogen-bond acceptors (Lipinski definition) is 5. The van der Waals surface area contributed by atoms with Gasteiger partial charge in [-0.3, -0.25) is 19.9 Å². The lowest BCUT2D eigenvalue weighted by molar-refractivity contribution is 1.14. The Morgan fingerprint density at radius 3 is 0.944 bits per heavy atom. The third-order valence-corrected chi connectivity index (χ3v) is 17.2. The first-order valence-corrected chi connectivity index (χ1v) is 29.8. The van der Waals surface area contributed by atoms with E-state index in [1.165, 1.54) is 0 Å². The summed E-state index contributed by atoms with van der Waals surface area (Å²) in [6, 6.07) is 99.1. The molecule has 10 aromatic carbocycles. The maximum atomic E-state index is 12.1.